The molecule has 0 saturated carbocycles. The number of halogens is 6. The van der Waals surface area contributed by atoms with E-state index in [1.54, 1.807) is 0 Å². The summed E-state index contributed by atoms with van der Waals surface area (Å²) in [7, 11) is 0. The lowest BCUT2D eigenvalue weighted by atomic mass is 10.0. The third kappa shape index (κ3) is 6.19. The van der Waals surface area contributed by atoms with E-state index in [1.165, 1.54) is 17.7 Å². The fraction of sp³-hybridized carbons (Fsp3) is 0.400. The molecule has 0 radical (unpaired) electrons. The van der Waals surface area contributed by atoms with Gasteiger partial charge in [0, 0.05) is 0 Å². The minimum absolute atomic E-state index is 0.528. The van der Waals surface area contributed by atoms with Crippen molar-refractivity contribution < 1.29 is 31.1 Å². The Balaban J connectivity index is 1.93. The Morgan fingerprint density at radius 1 is 0.741 bits per heavy atom. The van der Waals surface area contributed by atoms with Gasteiger partial charge >= 0.3 is 12.3 Å². The predicted molar refractivity (Wildman–Crippen MR) is 90.8 cm³/mol. The van der Waals surface area contributed by atoms with Crippen LogP contribution >= 0.6 is 0 Å². The summed E-state index contributed by atoms with van der Waals surface area (Å²) in [5, 5.41) is 0. The molecule has 148 valence electrons. The first-order valence-electron chi connectivity index (χ1n) is 8.56. The van der Waals surface area contributed by atoms with Gasteiger partial charge in [-0.25, -0.2) is 4.39 Å². The molecular formula is C20H20F6O. The van der Waals surface area contributed by atoms with Crippen molar-refractivity contribution in [3.8, 4) is 5.75 Å². The van der Waals surface area contributed by atoms with Crippen LogP contribution in [0.15, 0.2) is 48.5 Å². The first-order valence-corrected chi connectivity index (χ1v) is 8.56. The highest BCUT2D eigenvalue weighted by Crippen LogP contribution is 2.36. The molecule has 0 N–H and O–H groups in total. The van der Waals surface area contributed by atoms with Crippen molar-refractivity contribution in [3.63, 3.8) is 0 Å². The molecule has 2 rings (SSSR count). The Labute approximate surface area is 154 Å². The highest BCUT2D eigenvalue weighted by atomic mass is 19.4. The van der Waals surface area contributed by atoms with E-state index < -0.39 is 24.2 Å². The average molecular weight is 390 g/mol. The summed E-state index contributed by atoms with van der Waals surface area (Å²) in [5.41, 5.74) is 3.18. The Morgan fingerprint density at radius 2 is 1.15 bits per heavy atom. The minimum Gasteiger partial charge on any atom is -0.430 e. The number of ether oxygens (including phenoxy) is 1. The van der Waals surface area contributed by atoms with E-state index in [-0.39, 0.29) is 0 Å². The molecule has 1 atom stereocenters. The molecule has 0 amide bonds. The number of hydrogen-bond acceptors (Lipinski definition) is 1. The van der Waals surface area contributed by atoms with Crippen LogP contribution in [0.2, 0.25) is 0 Å². The lowest BCUT2D eigenvalue weighted by Gasteiger charge is -2.23. The number of rotatable bonds is 8. The summed E-state index contributed by atoms with van der Waals surface area (Å²) in [4.78, 5) is 0. The first-order chi connectivity index (χ1) is 12.6. The fourth-order valence-electron chi connectivity index (χ4n) is 2.57. The van der Waals surface area contributed by atoms with E-state index in [4.69, 9.17) is 0 Å². The first kappa shape index (κ1) is 21.1. The number of hydrogen-bond donors (Lipinski definition) is 0. The van der Waals surface area contributed by atoms with Gasteiger partial charge in [-0.05, 0) is 48.1 Å². The van der Waals surface area contributed by atoms with Crippen molar-refractivity contribution in [3.05, 3.63) is 65.2 Å². The molecule has 27 heavy (non-hydrogen) atoms. The topological polar surface area (TPSA) is 9.23 Å². The maximum atomic E-state index is 13.2. The quantitative estimate of drug-likeness (QED) is 0.481. The third-order valence-corrected chi connectivity index (χ3v) is 4.02. The van der Waals surface area contributed by atoms with Crippen molar-refractivity contribution in [2.75, 3.05) is 0 Å². The van der Waals surface area contributed by atoms with Crippen LogP contribution in [-0.2, 0) is 19.3 Å². The molecule has 0 heterocycles. The minimum atomic E-state index is -5.70. The fourth-order valence-corrected chi connectivity index (χ4v) is 2.57. The second-order valence-electron chi connectivity index (χ2n) is 6.28. The van der Waals surface area contributed by atoms with E-state index in [2.05, 4.69) is 23.8 Å². The summed E-state index contributed by atoms with van der Waals surface area (Å²) < 4.78 is 79.6. The van der Waals surface area contributed by atoms with Gasteiger partial charge in [-0.1, -0.05) is 49.7 Å². The van der Waals surface area contributed by atoms with Gasteiger partial charge in [0.15, 0.2) is 0 Å². The maximum Gasteiger partial charge on any atom is 0.439 e. The normalized spacial score (nSPS) is 13.4. The van der Waals surface area contributed by atoms with Gasteiger partial charge in [0.25, 0.3) is 6.17 Å². The molecule has 0 spiro atoms. The van der Waals surface area contributed by atoms with E-state index >= 15 is 0 Å². The van der Waals surface area contributed by atoms with Crippen molar-refractivity contribution in [2.24, 2.45) is 0 Å². The monoisotopic (exact) mass is 390 g/mol. The number of alkyl halides is 6. The molecule has 2 aromatic carbocycles. The molecule has 0 aromatic heterocycles. The third-order valence-electron chi connectivity index (χ3n) is 4.02. The van der Waals surface area contributed by atoms with Gasteiger partial charge in [-0.15, -0.1) is 0 Å². The highest BCUT2D eigenvalue weighted by Gasteiger charge is 2.59. The largest absolute Gasteiger partial charge is 0.439 e. The number of aryl methyl sites for hydroxylation is 3. The van der Waals surface area contributed by atoms with Crippen LogP contribution in [0.25, 0.3) is 0 Å². The highest BCUT2D eigenvalue weighted by molar-refractivity contribution is 5.29. The van der Waals surface area contributed by atoms with Crippen molar-refractivity contribution in [1.29, 1.82) is 0 Å². The average Bonchev–Trinajstić information content (AvgIpc) is 2.61. The molecule has 0 saturated heterocycles. The Morgan fingerprint density at radius 3 is 1.56 bits per heavy atom. The zero-order valence-corrected chi connectivity index (χ0v) is 14.7. The van der Waals surface area contributed by atoms with E-state index in [0.717, 1.165) is 42.5 Å². The molecule has 2 aromatic rings. The van der Waals surface area contributed by atoms with Gasteiger partial charge in [0.1, 0.15) is 5.75 Å². The van der Waals surface area contributed by atoms with Crippen LogP contribution in [0.1, 0.15) is 30.0 Å². The second kappa shape index (κ2) is 8.67. The molecule has 1 nitrogen and oxygen atoms in total. The Hall–Kier alpha value is -2.18. The molecule has 0 bridgehead atoms. The van der Waals surface area contributed by atoms with Crippen molar-refractivity contribution in [2.45, 2.75) is 51.1 Å². The Kier molecular flexibility index (Phi) is 6.78. The maximum absolute atomic E-state index is 13.2. The molecule has 0 aliphatic rings. The summed E-state index contributed by atoms with van der Waals surface area (Å²) in [6, 6.07) is 13.3. The Bertz CT molecular complexity index is 707. The smallest absolute Gasteiger partial charge is 0.430 e. The van der Waals surface area contributed by atoms with Crippen LogP contribution in [0.5, 0.6) is 5.75 Å². The molecule has 0 fully saturated rings. The van der Waals surface area contributed by atoms with E-state index in [1.807, 2.05) is 12.1 Å². The van der Waals surface area contributed by atoms with Crippen molar-refractivity contribution >= 4 is 0 Å². The molecular weight excluding hydrogens is 370 g/mol. The molecule has 0 aliphatic heterocycles. The lowest BCUT2D eigenvalue weighted by molar-refractivity contribution is -0.304. The van der Waals surface area contributed by atoms with E-state index in [0.29, 0.717) is 6.42 Å². The SMILES string of the molecule is CCCc1ccc(CCc2ccc(OC(F)(F)C(F)C(F)(F)F)cc2)cc1. The van der Waals surface area contributed by atoms with Crippen LogP contribution in [0, 0.1) is 0 Å². The predicted octanol–water partition coefficient (Wildman–Crippen LogP) is 6.30. The van der Waals surface area contributed by atoms with Crippen LogP contribution in [0.3, 0.4) is 0 Å². The van der Waals surface area contributed by atoms with Gasteiger partial charge in [-0.2, -0.15) is 22.0 Å². The van der Waals surface area contributed by atoms with Crippen LogP contribution in [-0.4, -0.2) is 18.5 Å². The summed E-state index contributed by atoms with van der Waals surface area (Å²) in [6.45, 7) is 2.11. The van der Waals surface area contributed by atoms with Crippen molar-refractivity contribution in [1.82, 2.24) is 0 Å². The lowest BCUT2D eigenvalue weighted by Crippen LogP contribution is -2.45. The standard InChI is InChI=1S/C20H20F6O/c1-2-3-14-4-6-15(7-5-14)8-9-16-10-12-17(13-11-16)27-20(25,26)18(21)19(22,23)24/h4-7,10-13,18H,2-3,8-9H2,1H3. The zero-order chi connectivity index (χ0) is 20.1. The van der Waals surface area contributed by atoms with Gasteiger partial charge < -0.3 is 4.74 Å². The molecule has 1 unspecified atom stereocenters. The van der Waals surface area contributed by atoms with Gasteiger partial charge in [-0.3, -0.25) is 0 Å². The van der Waals surface area contributed by atoms with E-state index in [9.17, 15) is 26.3 Å². The van der Waals surface area contributed by atoms with Gasteiger partial charge in [0.2, 0.25) is 0 Å². The number of benzene rings is 2. The van der Waals surface area contributed by atoms with Gasteiger partial charge in [0.05, 0.1) is 0 Å². The summed E-state index contributed by atoms with van der Waals surface area (Å²) >= 11 is 0. The zero-order valence-electron chi connectivity index (χ0n) is 14.7. The summed E-state index contributed by atoms with van der Waals surface area (Å²) in [6.07, 6.45) is -11.6. The van der Waals surface area contributed by atoms with Crippen LogP contribution in [0.4, 0.5) is 26.3 Å². The molecule has 0 aliphatic carbocycles. The van der Waals surface area contributed by atoms with Crippen LogP contribution < -0.4 is 4.74 Å². The summed E-state index contributed by atoms with van der Waals surface area (Å²) in [5.74, 6) is -0.528. The second-order valence-corrected chi connectivity index (χ2v) is 6.28. The molecule has 7 heteroatoms.